The first kappa shape index (κ1) is 30.6. The number of hydrogen-bond donors (Lipinski definition) is 1. The molecule has 4 atom stereocenters. The highest BCUT2D eigenvalue weighted by atomic mass is 28.4. The van der Waals surface area contributed by atoms with Crippen molar-refractivity contribution in [3.63, 3.8) is 0 Å². The number of ether oxygens (including phenoxy) is 2. The molecule has 2 heterocycles. The summed E-state index contributed by atoms with van der Waals surface area (Å²) in [6.07, 6.45) is -1.33. The number of aliphatic hydroxyl groups is 1. The summed E-state index contributed by atoms with van der Waals surface area (Å²) in [7, 11) is -2.14. The number of aliphatic hydroxyl groups excluding tert-OH is 1. The second kappa shape index (κ2) is 10.6. The third kappa shape index (κ3) is 7.68. The monoisotopic (exact) mass is 528 g/mol. The third-order valence-corrected chi connectivity index (χ3v) is 11.6. The maximum atomic E-state index is 13.3. The molecule has 10 heteroatoms. The van der Waals surface area contributed by atoms with Crippen molar-refractivity contribution in [3.05, 3.63) is 0 Å². The lowest BCUT2D eigenvalue weighted by molar-refractivity contribution is -0.143. The van der Waals surface area contributed by atoms with Gasteiger partial charge in [0.25, 0.3) is 0 Å². The van der Waals surface area contributed by atoms with E-state index in [4.69, 9.17) is 13.9 Å². The zero-order chi connectivity index (χ0) is 27.9. The minimum atomic E-state index is -2.14. The molecule has 0 bridgehead atoms. The molecular formula is C26H48N2O7Si. The predicted octanol–water partition coefficient (Wildman–Crippen LogP) is 4.92. The molecule has 0 aromatic carbocycles. The molecule has 2 rings (SSSR count). The van der Waals surface area contributed by atoms with E-state index in [0.717, 1.165) is 4.90 Å². The Labute approximate surface area is 217 Å². The van der Waals surface area contributed by atoms with Crippen molar-refractivity contribution in [2.45, 2.75) is 129 Å². The Bertz CT molecular complexity index is 826. The van der Waals surface area contributed by atoms with Crippen LogP contribution >= 0.6 is 0 Å². The normalized spacial score (nSPS) is 25.1. The van der Waals surface area contributed by atoms with Crippen molar-refractivity contribution in [2.24, 2.45) is 5.92 Å². The van der Waals surface area contributed by atoms with E-state index in [2.05, 4.69) is 33.9 Å². The molecule has 2 unspecified atom stereocenters. The molecule has 0 aromatic heterocycles. The number of piperidine rings is 1. The lowest BCUT2D eigenvalue weighted by Gasteiger charge is -2.38. The van der Waals surface area contributed by atoms with Crippen LogP contribution in [0.5, 0.6) is 0 Å². The number of imide groups is 1. The Morgan fingerprint density at radius 3 is 2.00 bits per heavy atom. The van der Waals surface area contributed by atoms with Crippen LogP contribution in [0, 0.1) is 5.92 Å². The molecule has 0 aliphatic carbocycles. The molecule has 0 spiro atoms. The summed E-state index contributed by atoms with van der Waals surface area (Å²) < 4.78 is 17.6. The standard InChI is InChI=1S/C26H48N2O7Si/c1-24(2,3)33-22(31)27-14-12-13-18(21(27)30)20(29)19-15-17(35-36(10,11)26(7,8)9)16-28(19)23(32)34-25(4,5)6/h17-20,29H,12-16H2,1-11H3/t17-,18?,19+,20?/m1/s1. The summed E-state index contributed by atoms with van der Waals surface area (Å²) in [6, 6.07) is -0.665. The number of hydrogen-bond acceptors (Lipinski definition) is 7. The summed E-state index contributed by atoms with van der Waals surface area (Å²) in [5.74, 6) is -1.30. The molecule has 208 valence electrons. The fourth-order valence-corrected chi connectivity index (χ4v) is 5.70. The van der Waals surface area contributed by atoms with E-state index >= 15 is 0 Å². The molecule has 9 nitrogen and oxygen atoms in total. The largest absolute Gasteiger partial charge is 0.444 e. The third-order valence-electron chi connectivity index (χ3n) is 7.10. The van der Waals surface area contributed by atoms with E-state index in [1.54, 1.807) is 41.5 Å². The summed E-state index contributed by atoms with van der Waals surface area (Å²) >= 11 is 0. The Hall–Kier alpha value is -1.65. The van der Waals surface area contributed by atoms with Gasteiger partial charge in [0, 0.05) is 13.1 Å². The molecule has 0 radical (unpaired) electrons. The van der Waals surface area contributed by atoms with Gasteiger partial charge in [0.2, 0.25) is 5.91 Å². The summed E-state index contributed by atoms with van der Waals surface area (Å²) in [5, 5.41) is 11.5. The van der Waals surface area contributed by atoms with Crippen molar-refractivity contribution in [1.82, 2.24) is 9.80 Å². The summed E-state index contributed by atoms with van der Waals surface area (Å²) in [4.78, 5) is 41.7. The SMILES string of the molecule is CC(C)(C)OC(=O)N1CCCC(C(O)[C@@H]2C[C@@H](O[Si](C)(C)C(C)(C)C)CN2C(=O)OC(C)(C)C)C1=O. The van der Waals surface area contributed by atoms with Gasteiger partial charge in [-0.15, -0.1) is 0 Å². The van der Waals surface area contributed by atoms with Gasteiger partial charge in [-0.05, 0) is 78.9 Å². The number of nitrogens with zero attached hydrogens (tertiary/aromatic N) is 2. The minimum Gasteiger partial charge on any atom is -0.444 e. The number of amides is 3. The predicted molar refractivity (Wildman–Crippen MR) is 140 cm³/mol. The molecule has 0 aromatic rings. The number of carbonyl (C=O) groups excluding carboxylic acids is 3. The van der Waals surface area contributed by atoms with Gasteiger partial charge in [0.1, 0.15) is 11.2 Å². The van der Waals surface area contributed by atoms with Crippen LogP contribution in [0.25, 0.3) is 0 Å². The minimum absolute atomic E-state index is 0.0201. The van der Waals surface area contributed by atoms with Crippen molar-refractivity contribution >= 4 is 26.4 Å². The van der Waals surface area contributed by atoms with E-state index in [1.807, 2.05) is 0 Å². The van der Waals surface area contributed by atoms with Gasteiger partial charge >= 0.3 is 12.2 Å². The Balaban J connectivity index is 2.28. The van der Waals surface area contributed by atoms with Crippen LogP contribution in [0.3, 0.4) is 0 Å². The van der Waals surface area contributed by atoms with E-state index in [9.17, 15) is 19.5 Å². The Morgan fingerprint density at radius 1 is 0.972 bits per heavy atom. The van der Waals surface area contributed by atoms with Gasteiger partial charge in [0.15, 0.2) is 8.32 Å². The van der Waals surface area contributed by atoms with Gasteiger partial charge in [0.05, 0.1) is 24.2 Å². The first-order chi connectivity index (χ1) is 16.1. The molecule has 2 saturated heterocycles. The van der Waals surface area contributed by atoms with Crippen LogP contribution in [0.2, 0.25) is 18.1 Å². The van der Waals surface area contributed by atoms with Crippen molar-refractivity contribution < 1.29 is 33.4 Å². The summed E-state index contributed by atoms with van der Waals surface area (Å²) in [5.41, 5.74) is -1.45. The highest BCUT2D eigenvalue weighted by Crippen LogP contribution is 2.40. The maximum Gasteiger partial charge on any atom is 0.417 e. The molecule has 36 heavy (non-hydrogen) atoms. The second-order valence-corrected chi connectivity index (χ2v) is 18.4. The molecule has 2 aliphatic rings. The summed E-state index contributed by atoms with van der Waals surface area (Å²) in [6.45, 7) is 21.9. The molecule has 2 fully saturated rings. The quantitative estimate of drug-likeness (QED) is 0.516. The van der Waals surface area contributed by atoms with Crippen molar-refractivity contribution in [2.75, 3.05) is 13.1 Å². The topological polar surface area (TPSA) is 106 Å². The lowest BCUT2D eigenvalue weighted by Crippen LogP contribution is -2.54. The van der Waals surface area contributed by atoms with Gasteiger partial charge < -0.3 is 19.0 Å². The van der Waals surface area contributed by atoms with Crippen LogP contribution in [0.1, 0.15) is 81.6 Å². The molecular weight excluding hydrogens is 480 g/mol. The maximum absolute atomic E-state index is 13.3. The molecule has 3 amide bonds. The van der Waals surface area contributed by atoms with E-state index in [1.165, 1.54) is 4.90 Å². The Kier molecular flexibility index (Phi) is 9.01. The van der Waals surface area contributed by atoms with Crippen molar-refractivity contribution in [3.8, 4) is 0 Å². The van der Waals surface area contributed by atoms with E-state index in [0.29, 0.717) is 19.3 Å². The average Bonchev–Trinajstić information content (AvgIpc) is 3.07. The zero-order valence-corrected chi connectivity index (χ0v) is 25.1. The first-order valence-electron chi connectivity index (χ1n) is 13.0. The van der Waals surface area contributed by atoms with Crippen molar-refractivity contribution in [1.29, 1.82) is 0 Å². The fourth-order valence-electron chi connectivity index (χ4n) is 4.35. The van der Waals surface area contributed by atoms with E-state index in [-0.39, 0.29) is 24.2 Å². The smallest absolute Gasteiger partial charge is 0.417 e. The van der Waals surface area contributed by atoms with Gasteiger partial charge in [-0.2, -0.15) is 0 Å². The Morgan fingerprint density at radius 2 is 1.50 bits per heavy atom. The zero-order valence-electron chi connectivity index (χ0n) is 24.1. The van der Waals surface area contributed by atoms with Gasteiger partial charge in [-0.1, -0.05) is 20.8 Å². The molecule has 1 N–H and O–H groups in total. The number of likely N-dealkylation sites (tertiary alicyclic amines) is 2. The van der Waals surface area contributed by atoms with Crippen LogP contribution in [-0.2, 0) is 18.7 Å². The van der Waals surface area contributed by atoms with Crippen LogP contribution < -0.4 is 0 Å². The highest BCUT2D eigenvalue weighted by molar-refractivity contribution is 6.74. The number of carbonyl (C=O) groups is 3. The second-order valence-electron chi connectivity index (χ2n) is 13.6. The molecule has 0 saturated carbocycles. The van der Waals surface area contributed by atoms with Crippen LogP contribution in [-0.4, -0.2) is 83.9 Å². The first-order valence-corrected chi connectivity index (χ1v) is 15.9. The average molecular weight is 529 g/mol. The van der Waals surface area contributed by atoms with Crippen LogP contribution in [0.4, 0.5) is 9.59 Å². The fraction of sp³-hybridized carbons (Fsp3) is 0.885. The van der Waals surface area contributed by atoms with Crippen LogP contribution in [0.15, 0.2) is 0 Å². The van der Waals surface area contributed by atoms with E-state index < -0.39 is 55.7 Å². The lowest BCUT2D eigenvalue weighted by atomic mass is 9.87. The molecule has 2 aliphatic heterocycles. The highest BCUT2D eigenvalue weighted by Gasteiger charge is 2.50. The van der Waals surface area contributed by atoms with Gasteiger partial charge in [-0.3, -0.25) is 9.69 Å². The number of rotatable bonds is 4. The van der Waals surface area contributed by atoms with Gasteiger partial charge in [-0.25, -0.2) is 14.5 Å².